The van der Waals surface area contributed by atoms with E-state index in [0.29, 0.717) is 17.5 Å². The quantitative estimate of drug-likeness (QED) is 0.166. The van der Waals surface area contributed by atoms with Gasteiger partial charge in [0.25, 0.3) is 0 Å². The Morgan fingerprint density at radius 1 is 0.382 bits per heavy atom. The van der Waals surface area contributed by atoms with Crippen LogP contribution in [0.1, 0.15) is 17.3 Å². The zero-order valence-corrected chi connectivity index (χ0v) is 30.0. The summed E-state index contributed by atoms with van der Waals surface area (Å²) in [6.45, 7) is 0. The minimum Gasteiger partial charge on any atom is -0.485 e. The molecule has 0 amide bonds. The van der Waals surface area contributed by atoms with E-state index in [9.17, 15) is 0 Å². The standard InChI is InChI=1S/C51H35N3O/c1-5-14-34(15-6-1)36-24-26-39(27-25-36)49-52-50(41-29-30-42(37-18-9-3-10-19-37)45(32-41)38-20-11-4-12-21-38)54-51(53-49)44-22-13-23-46-48(44)43-31-28-40(33-47(43)55-46)35-16-7-2-8-17-35/h1-33,46,48H. The maximum Gasteiger partial charge on any atom is 0.164 e. The zero-order chi connectivity index (χ0) is 36.6. The molecule has 1 aliphatic carbocycles. The average molecular weight is 706 g/mol. The summed E-state index contributed by atoms with van der Waals surface area (Å²) in [6.07, 6.45) is 6.18. The monoisotopic (exact) mass is 705 g/mol. The Balaban J connectivity index is 1.11. The highest BCUT2D eigenvalue weighted by molar-refractivity contribution is 5.87. The van der Waals surface area contributed by atoms with Crippen molar-refractivity contribution >= 4 is 5.57 Å². The number of benzene rings is 7. The van der Waals surface area contributed by atoms with Crippen LogP contribution in [0.5, 0.6) is 5.75 Å². The lowest BCUT2D eigenvalue weighted by Crippen LogP contribution is -2.20. The van der Waals surface area contributed by atoms with Crippen LogP contribution in [-0.4, -0.2) is 21.1 Å². The number of hydrogen-bond donors (Lipinski definition) is 0. The number of ether oxygens (including phenoxy) is 1. The first-order chi connectivity index (χ1) is 27.2. The van der Waals surface area contributed by atoms with Crippen molar-refractivity contribution in [2.75, 3.05) is 0 Å². The number of fused-ring (bicyclic) bond motifs is 3. The van der Waals surface area contributed by atoms with Crippen LogP contribution in [0.2, 0.25) is 0 Å². The lowest BCUT2D eigenvalue weighted by Gasteiger charge is -2.22. The van der Waals surface area contributed by atoms with Crippen LogP contribution in [0.15, 0.2) is 200 Å². The molecule has 2 unspecified atom stereocenters. The topological polar surface area (TPSA) is 47.9 Å². The first-order valence-corrected chi connectivity index (χ1v) is 18.7. The van der Waals surface area contributed by atoms with E-state index in [1.807, 2.05) is 12.1 Å². The smallest absolute Gasteiger partial charge is 0.164 e. The van der Waals surface area contributed by atoms with Gasteiger partial charge in [0.15, 0.2) is 17.5 Å². The highest BCUT2D eigenvalue weighted by atomic mass is 16.5. The van der Waals surface area contributed by atoms with Crippen LogP contribution in [0.3, 0.4) is 0 Å². The number of aromatic nitrogens is 3. The summed E-state index contributed by atoms with van der Waals surface area (Å²) < 4.78 is 6.63. The van der Waals surface area contributed by atoms with Gasteiger partial charge in [0.2, 0.25) is 0 Å². The Bertz CT molecular complexity index is 2710. The Morgan fingerprint density at radius 2 is 0.873 bits per heavy atom. The highest BCUT2D eigenvalue weighted by Gasteiger charge is 2.38. The van der Waals surface area contributed by atoms with Gasteiger partial charge in [-0.05, 0) is 62.7 Å². The molecule has 10 rings (SSSR count). The average Bonchev–Trinajstić information content (AvgIpc) is 3.66. The number of rotatable bonds is 7. The minimum atomic E-state index is -0.162. The van der Waals surface area contributed by atoms with Crippen LogP contribution in [0, 0.1) is 0 Å². The van der Waals surface area contributed by atoms with Gasteiger partial charge < -0.3 is 4.74 Å². The largest absolute Gasteiger partial charge is 0.485 e. The second kappa shape index (κ2) is 14.0. The van der Waals surface area contributed by atoms with Gasteiger partial charge in [-0.1, -0.05) is 182 Å². The molecule has 7 aromatic carbocycles. The molecular formula is C51H35N3O. The van der Waals surface area contributed by atoms with Gasteiger partial charge in [0, 0.05) is 22.3 Å². The summed E-state index contributed by atoms with van der Waals surface area (Å²) in [5, 5.41) is 0. The summed E-state index contributed by atoms with van der Waals surface area (Å²) in [4.78, 5) is 15.7. The molecule has 0 fully saturated rings. The molecule has 55 heavy (non-hydrogen) atoms. The molecule has 2 aliphatic rings. The van der Waals surface area contributed by atoms with Crippen LogP contribution in [0.25, 0.3) is 72.9 Å². The van der Waals surface area contributed by atoms with Gasteiger partial charge in [-0.3, -0.25) is 0 Å². The van der Waals surface area contributed by atoms with Gasteiger partial charge >= 0.3 is 0 Å². The summed E-state index contributed by atoms with van der Waals surface area (Å²) >= 11 is 0. The molecule has 260 valence electrons. The molecule has 1 aromatic heterocycles. The van der Waals surface area contributed by atoms with E-state index < -0.39 is 0 Å². The third kappa shape index (κ3) is 6.24. The Morgan fingerprint density at radius 3 is 1.53 bits per heavy atom. The molecule has 4 heteroatoms. The fourth-order valence-corrected chi connectivity index (χ4v) is 7.79. The van der Waals surface area contributed by atoms with Crippen LogP contribution < -0.4 is 4.74 Å². The first kappa shape index (κ1) is 32.5. The third-order valence-corrected chi connectivity index (χ3v) is 10.6. The highest BCUT2D eigenvalue weighted by Crippen LogP contribution is 2.49. The predicted octanol–water partition coefficient (Wildman–Crippen LogP) is 12.4. The van der Waals surface area contributed by atoms with E-state index in [2.05, 4.69) is 188 Å². The van der Waals surface area contributed by atoms with Crippen LogP contribution in [-0.2, 0) is 0 Å². The van der Waals surface area contributed by atoms with Crippen molar-refractivity contribution < 1.29 is 4.74 Å². The van der Waals surface area contributed by atoms with E-state index in [4.69, 9.17) is 19.7 Å². The molecule has 0 bridgehead atoms. The maximum atomic E-state index is 6.63. The van der Waals surface area contributed by atoms with Crippen LogP contribution in [0.4, 0.5) is 0 Å². The SMILES string of the molecule is C1=CC2Oc3cc(-c4ccccc4)ccc3C2C(c2nc(-c3ccc(-c4ccccc4)cc3)nc(-c3ccc(-c4ccccc4)c(-c4ccccc4)c3)n2)=C1. The van der Waals surface area contributed by atoms with Crippen molar-refractivity contribution in [3.8, 4) is 73.0 Å². The van der Waals surface area contributed by atoms with Gasteiger partial charge in [0.1, 0.15) is 11.9 Å². The lowest BCUT2D eigenvalue weighted by atomic mass is 9.83. The van der Waals surface area contributed by atoms with Crippen molar-refractivity contribution in [1.82, 2.24) is 15.0 Å². The van der Waals surface area contributed by atoms with Crippen molar-refractivity contribution in [2.45, 2.75) is 12.0 Å². The summed E-state index contributed by atoms with van der Waals surface area (Å²) in [5.74, 6) is 2.72. The molecule has 0 spiro atoms. The van der Waals surface area contributed by atoms with Gasteiger partial charge in [-0.2, -0.15) is 0 Å². The molecule has 4 nitrogen and oxygen atoms in total. The predicted molar refractivity (Wildman–Crippen MR) is 223 cm³/mol. The van der Waals surface area contributed by atoms with Crippen molar-refractivity contribution in [3.05, 3.63) is 212 Å². The molecular weight excluding hydrogens is 671 g/mol. The molecule has 2 heterocycles. The van der Waals surface area contributed by atoms with E-state index in [-0.39, 0.29) is 12.0 Å². The van der Waals surface area contributed by atoms with Gasteiger partial charge in [-0.15, -0.1) is 0 Å². The second-order valence-corrected chi connectivity index (χ2v) is 13.9. The van der Waals surface area contributed by atoms with Gasteiger partial charge in [0.05, 0.1) is 5.92 Å². The molecule has 0 radical (unpaired) electrons. The fraction of sp³-hybridized carbons (Fsp3) is 0.0392. The zero-order valence-electron chi connectivity index (χ0n) is 30.0. The summed E-state index contributed by atoms with van der Waals surface area (Å²) in [7, 11) is 0. The Labute approximate surface area is 320 Å². The molecule has 0 saturated heterocycles. The number of hydrogen-bond acceptors (Lipinski definition) is 4. The third-order valence-electron chi connectivity index (χ3n) is 10.6. The van der Waals surface area contributed by atoms with Gasteiger partial charge in [-0.25, -0.2) is 15.0 Å². The van der Waals surface area contributed by atoms with Crippen molar-refractivity contribution in [1.29, 1.82) is 0 Å². The minimum absolute atomic E-state index is 0.0614. The van der Waals surface area contributed by atoms with Crippen molar-refractivity contribution in [2.24, 2.45) is 0 Å². The maximum absolute atomic E-state index is 6.63. The normalized spacial score (nSPS) is 15.5. The molecule has 8 aromatic rings. The molecule has 0 N–H and O–H groups in total. The van der Waals surface area contributed by atoms with E-state index >= 15 is 0 Å². The van der Waals surface area contributed by atoms with E-state index in [0.717, 1.165) is 67.0 Å². The van der Waals surface area contributed by atoms with Crippen LogP contribution >= 0.6 is 0 Å². The van der Waals surface area contributed by atoms with E-state index in [1.54, 1.807) is 0 Å². The second-order valence-electron chi connectivity index (χ2n) is 13.9. The van der Waals surface area contributed by atoms with Crippen molar-refractivity contribution in [3.63, 3.8) is 0 Å². The fourth-order valence-electron chi connectivity index (χ4n) is 7.79. The summed E-state index contributed by atoms with van der Waals surface area (Å²) in [6, 6.07) is 63.5. The first-order valence-electron chi connectivity index (χ1n) is 18.7. The molecule has 2 atom stereocenters. The number of allylic oxidation sites excluding steroid dienone is 2. The Hall–Kier alpha value is -7.17. The van der Waals surface area contributed by atoms with E-state index in [1.165, 1.54) is 5.56 Å². The molecule has 1 aliphatic heterocycles. The summed E-state index contributed by atoms with van der Waals surface area (Å²) in [5.41, 5.74) is 13.1. The molecule has 0 saturated carbocycles. The number of nitrogens with zero attached hydrogens (tertiary/aromatic N) is 3. The Kier molecular flexibility index (Phi) is 8.27. The lowest BCUT2D eigenvalue weighted by molar-refractivity contribution is 0.271.